The van der Waals surface area contributed by atoms with Crippen LogP contribution in [0, 0.1) is 0 Å². The average Bonchev–Trinajstić information content (AvgIpc) is 2.80. The smallest absolute Gasteiger partial charge is 0.377 e. The van der Waals surface area contributed by atoms with E-state index in [9.17, 15) is 9.79 Å². The van der Waals surface area contributed by atoms with Gasteiger partial charge in [-0.25, -0.2) is 0 Å². The lowest BCUT2D eigenvalue weighted by atomic mass is 10.0. The molecule has 0 amide bonds. The topological polar surface area (TPSA) is 102 Å². The fourth-order valence-electron chi connectivity index (χ4n) is 4.42. The van der Waals surface area contributed by atoms with E-state index in [0.717, 1.165) is 19.3 Å². The molecule has 0 aliphatic carbocycles. The van der Waals surface area contributed by atoms with E-state index in [1.165, 1.54) is 96.3 Å². The Labute approximate surface area is 217 Å². The van der Waals surface area contributed by atoms with Crippen molar-refractivity contribution in [1.29, 1.82) is 0 Å². The molecule has 0 saturated heterocycles. The summed E-state index contributed by atoms with van der Waals surface area (Å²) in [6.07, 6.45) is 23.5. The zero-order valence-corrected chi connectivity index (χ0v) is 24.0. The number of quaternary nitrogens is 1. The summed E-state index contributed by atoms with van der Waals surface area (Å²) in [6.45, 7) is 3.87. The molecule has 1 unspecified atom stereocenters. The van der Waals surface area contributed by atoms with Crippen LogP contribution in [0.15, 0.2) is 0 Å². The van der Waals surface area contributed by atoms with Crippen molar-refractivity contribution < 1.29 is 33.5 Å². The molecule has 7 nitrogen and oxygen atoms in total. The second-order valence-electron chi connectivity index (χ2n) is 10.4. The van der Waals surface area contributed by atoms with Crippen molar-refractivity contribution in [3.05, 3.63) is 0 Å². The third kappa shape index (κ3) is 24.3. The summed E-state index contributed by atoms with van der Waals surface area (Å²) in [5.74, 6) is 0. The van der Waals surface area contributed by atoms with Gasteiger partial charge >= 0.3 is 8.17 Å². The van der Waals surface area contributed by atoms with Gasteiger partial charge in [0, 0.05) is 0 Å². The average molecular weight is 525 g/mol. The van der Waals surface area contributed by atoms with Gasteiger partial charge < -0.3 is 19.6 Å². The Morgan fingerprint density at radius 2 is 0.914 bits per heavy atom. The van der Waals surface area contributed by atoms with Gasteiger partial charge in [-0.2, -0.15) is 13.9 Å². The molecule has 0 bridgehead atoms. The Hall–Kier alpha value is 0.150. The molecule has 0 heterocycles. The van der Waals surface area contributed by atoms with Crippen LogP contribution in [0.5, 0.6) is 0 Å². The van der Waals surface area contributed by atoms with Crippen LogP contribution in [-0.2, 0) is 9.05 Å². The van der Waals surface area contributed by atoms with Crippen LogP contribution in [-0.4, -0.2) is 72.7 Å². The Morgan fingerprint density at radius 1 is 0.571 bits per heavy atom. The number of aliphatic hydroxyl groups is 2. The van der Waals surface area contributed by atoms with Gasteiger partial charge in [0.2, 0.25) is 0 Å². The first kappa shape index (κ1) is 35.2. The fraction of sp³-hybridized carbons (Fsp3) is 1.00. The number of rotatable bonds is 28. The molecule has 0 aromatic carbocycles. The number of aliphatic hydroxyl groups excluding tert-OH is 2. The maximum absolute atomic E-state index is 12.0. The van der Waals surface area contributed by atoms with Crippen LogP contribution < -0.4 is 4.89 Å². The number of hydrogen-bond donors (Lipinski definition) is 3. The van der Waals surface area contributed by atoms with Crippen molar-refractivity contribution in [2.75, 3.05) is 53.1 Å². The molecule has 35 heavy (non-hydrogen) atoms. The number of phosphoric acid groups is 1. The monoisotopic (exact) mass is 524 g/mol. The highest BCUT2D eigenvalue weighted by atomic mass is 31.2. The number of phosphoric ester groups is 1. The highest BCUT2D eigenvalue weighted by Gasteiger charge is 2.29. The highest BCUT2D eigenvalue weighted by molar-refractivity contribution is 7.52. The molecule has 0 aliphatic heterocycles. The standard InChI is InChI=1S/C27H58NO6P/c1-3-4-5-6-7-8-9-10-11-12-13-14-15-16-17-18-19-20-26-33-35(31,32)34-27-23-28(2,21-24-29)22-25-30/h29-30H,3-27H2,1-2H3/p+1. The van der Waals surface area contributed by atoms with Gasteiger partial charge in [-0.05, 0) is 6.42 Å². The summed E-state index contributed by atoms with van der Waals surface area (Å²) in [5, 5.41) is 18.3. The normalized spacial score (nSPS) is 13.9. The van der Waals surface area contributed by atoms with Crippen LogP contribution >= 0.6 is 8.17 Å². The van der Waals surface area contributed by atoms with E-state index < -0.39 is 8.17 Å². The minimum absolute atomic E-state index is 0.0108. The molecule has 0 aliphatic rings. The molecule has 212 valence electrons. The second kappa shape index (κ2) is 24.5. The molecule has 0 saturated carbocycles. The number of unbranched alkanes of at least 4 members (excludes halogenated alkanes) is 17. The first-order chi connectivity index (χ1) is 16.9. The molecular weight excluding hydrogens is 465 g/mol. The molecule has 8 heteroatoms. The summed E-state index contributed by atoms with van der Waals surface area (Å²) in [4.78, 5) is 21.8. The lowest BCUT2D eigenvalue weighted by molar-refractivity contribution is -0.910. The molecule has 0 aromatic heterocycles. The fourth-order valence-corrected chi connectivity index (χ4v) is 5.16. The van der Waals surface area contributed by atoms with Gasteiger partial charge in [-0.3, -0.25) is 0 Å². The van der Waals surface area contributed by atoms with E-state index in [4.69, 9.17) is 19.3 Å². The van der Waals surface area contributed by atoms with Crippen molar-refractivity contribution in [1.82, 2.24) is 0 Å². The number of likely N-dealkylation sites (N-methyl/N-ethyl adjacent to an activating group) is 1. The summed E-state index contributed by atoms with van der Waals surface area (Å²) >= 11 is 0. The molecule has 0 rings (SSSR count). The SMILES string of the molecule is CCCCCCCCCCCCCCCCCCCCO[P+]([O-])(O)OCC[N+](C)(CCO)CCO. The van der Waals surface area contributed by atoms with Crippen LogP contribution in [0.2, 0.25) is 0 Å². The van der Waals surface area contributed by atoms with Crippen LogP contribution in [0.4, 0.5) is 0 Å². The largest absolute Gasteiger partial charge is 0.606 e. The lowest BCUT2D eigenvalue weighted by Gasteiger charge is -2.33. The van der Waals surface area contributed by atoms with E-state index in [0.29, 0.717) is 24.1 Å². The van der Waals surface area contributed by atoms with Gasteiger partial charge in [0.25, 0.3) is 0 Å². The van der Waals surface area contributed by atoms with Crippen molar-refractivity contribution >= 4 is 8.17 Å². The van der Waals surface area contributed by atoms with E-state index in [2.05, 4.69) is 6.92 Å². The van der Waals surface area contributed by atoms with E-state index in [1.807, 2.05) is 7.05 Å². The van der Waals surface area contributed by atoms with Crippen molar-refractivity contribution in [3.63, 3.8) is 0 Å². The van der Waals surface area contributed by atoms with Gasteiger partial charge in [0.15, 0.2) is 0 Å². The maximum Gasteiger partial charge on any atom is 0.377 e. The zero-order chi connectivity index (χ0) is 26.1. The molecule has 3 N–H and O–H groups in total. The van der Waals surface area contributed by atoms with Crippen molar-refractivity contribution in [2.24, 2.45) is 0 Å². The van der Waals surface area contributed by atoms with Gasteiger partial charge in [0.1, 0.15) is 26.2 Å². The Bertz CT molecular complexity index is 436. The maximum atomic E-state index is 12.0. The highest BCUT2D eigenvalue weighted by Crippen LogP contribution is 2.47. The quantitative estimate of drug-likeness (QED) is 0.0707. The Morgan fingerprint density at radius 3 is 1.29 bits per heavy atom. The van der Waals surface area contributed by atoms with Gasteiger partial charge in [-0.15, -0.1) is 0 Å². The molecule has 0 aromatic rings. The predicted molar refractivity (Wildman–Crippen MR) is 145 cm³/mol. The summed E-state index contributed by atoms with van der Waals surface area (Å²) in [6, 6.07) is 0. The van der Waals surface area contributed by atoms with Gasteiger partial charge in [-0.1, -0.05) is 116 Å². The minimum Gasteiger partial charge on any atom is -0.606 e. The number of hydrogen-bond acceptors (Lipinski definition) is 6. The number of nitrogens with zero attached hydrogens (tertiary/aromatic N) is 1. The first-order valence-electron chi connectivity index (χ1n) is 14.6. The van der Waals surface area contributed by atoms with Crippen LogP contribution in [0.3, 0.4) is 0 Å². The van der Waals surface area contributed by atoms with Crippen LogP contribution in [0.25, 0.3) is 0 Å². The predicted octanol–water partition coefficient (Wildman–Crippen LogP) is 5.52. The van der Waals surface area contributed by atoms with Crippen LogP contribution in [0.1, 0.15) is 122 Å². The van der Waals surface area contributed by atoms with E-state index in [-0.39, 0.29) is 26.4 Å². The van der Waals surface area contributed by atoms with Crippen molar-refractivity contribution in [3.8, 4) is 0 Å². The Balaban J connectivity index is 3.44. The third-order valence-corrected chi connectivity index (χ3v) is 7.94. The molecular formula is C27H59NO6P+. The third-order valence-electron chi connectivity index (χ3n) is 6.92. The van der Waals surface area contributed by atoms with E-state index >= 15 is 0 Å². The van der Waals surface area contributed by atoms with Crippen molar-refractivity contribution in [2.45, 2.75) is 122 Å². The first-order valence-corrected chi connectivity index (χ1v) is 16.1. The van der Waals surface area contributed by atoms with Gasteiger partial charge in [0.05, 0.1) is 26.9 Å². The summed E-state index contributed by atoms with van der Waals surface area (Å²) < 4.78 is 10.5. The molecule has 0 spiro atoms. The Kier molecular flexibility index (Phi) is 24.6. The molecule has 1 atom stereocenters. The molecule has 0 fully saturated rings. The summed E-state index contributed by atoms with van der Waals surface area (Å²) in [7, 11) is -2.17. The summed E-state index contributed by atoms with van der Waals surface area (Å²) in [5.41, 5.74) is 0. The lowest BCUT2D eigenvalue weighted by Crippen LogP contribution is -2.50. The van der Waals surface area contributed by atoms with E-state index in [1.54, 1.807) is 0 Å². The minimum atomic E-state index is -4.04. The second-order valence-corrected chi connectivity index (χ2v) is 11.8. The zero-order valence-electron chi connectivity index (χ0n) is 23.1. The molecule has 0 radical (unpaired) electrons.